The lowest BCUT2D eigenvalue weighted by Gasteiger charge is -2.14. The molecule has 1 aromatic rings. The zero-order chi connectivity index (χ0) is 11.3. The van der Waals surface area contributed by atoms with E-state index in [0.29, 0.717) is 6.54 Å². The average Bonchev–Trinajstić information content (AvgIpc) is 2.69. The first-order valence-electron chi connectivity index (χ1n) is 5.17. The average molecular weight is 226 g/mol. The molecule has 0 aromatic carbocycles. The molecule has 0 spiro atoms. The molecule has 4 heteroatoms. The highest BCUT2D eigenvalue weighted by atomic mass is 32.1. The lowest BCUT2D eigenvalue weighted by molar-refractivity contribution is -0.123. The van der Waals surface area contributed by atoms with E-state index in [1.807, 2.05) is 25.3 Å². The second-order valence-corrected chi connectivity index (χ2v) is 4.92. The molecule has 3 N–H and O–H groups in total. The van der Waals surface area contributed by atoms with Gasteiger partial charge in [-0.05, 0) is 23.8 Å². The van der Waals surface area contributed by atoms with Gasteiger partial charge in [-0.3, -0.25) is 4.79 Å². The fourth-order valence-electron chi connectivity index (χ4n) is 1.18. The summed E-state index contributed by atoms with van der Waals surface area (Å²) >= 11 is 1.71. The van der Waals surface area contributed by atoms with Gasteiger partial charge in [0.15, 0.2) is 0 Å². The van der Waals surface area contributed by atoms with Crippen molar-refractivity contribution in [2.75, 3.05) is 6.54 Å². The summed E-state index contributed by atoms with van der Waals surface area (Å²) in [6.07, 6.45) is 0.883. The van der Waals surface area contributed by atoms with Crippen LogP contribution in [0.4, 0.5) is 0 Å². The lowest BCUT2D eigenvalue weighted by Crippen LogP contribution is -2.44. The molecule has 0 aliphatic heterocycles. The molecule has 0 radical (unpaired) electrons. The minimum atomic E-state index is -0.395. The predicted octanol–water partition coefficient (Wildman–Crippen LogP) is 1.39. The summed E-state index contributed by atoms with van der Waals surface area (Å²) in [6.45, 7) is 4.56. The maximum absolute atomic E-state index is 11.5. The summed E-state index contributed by atoms with van der Waals surface area (Å²) in [5.41, 5.74) is 5.71. The number of hydrogen-bond acceptors (Lipinski definition) is 3. The number of rotatable bonds is 5. The van der Waals surface area contributed by atoms with Crippen LogP contribution in [-0.2, 0) is 11.2 Å². The minimum Gasteiger partial charge on any atom is -0.354 e. The van der Waals surface area contributed by atoms with E-state index in [-0.39, 0.29) is 11.8 Å². The fraction of sp³-hybridized carbons (Fsp3) is 0.545. The number of carbonyl (C=O) groups excluding carboxylic acids is 1. The molecule has 1 amide bonds. The predicted molar refractivity (Wildman–Crippen MR) is 63.8 cm³/mol. The molecule has 0 bridgehead atoms. The van der Waals surface area contributed by atoms with Gasteiger partial charge in [0.25, 0.3) is 0 Å². The highest BCUT2D eigenvalue weighted by Gasteiger charge is 2.16. The van der Waals surface area contributed by atoms with Crippen molar-refractivity contribution in [1.29, 1.82) is 0 Å². The number of hydrogen-bond donors (Lipinski definition) is 2. The van der Waals surface area contributed by atoms with E-state index in [1.165, 1.54) is 4.88 Å². The number of amides is 1. The van der Waals surface area contributed by atoms with Crippen molar-refractivity contribution in [3.05, 3.63) is 22.4 Å². The number of nitrogens with one attached hydrogen (secondary N) is 1. The van der Waals surface area contributed by atoms with E-state index in [9.17, 15) is 4.79 Å². The molecule has 1 rings (SSSR count). The van der Waals surface area contributed by atoms with Crippen LogP contribution in [0.25, 0.3) is 0 Å². The molecule has 1 heterocycles. The maximum atomic E-state index is 11.5. The van der Waals surface area contributed by atoms with E-state index in [1.54, 1.807) is 11.3 Å². The largest absolute Gasteiger partial charge is 0.354 e. The Morgan fingerprint density at radius 3 is 2.87 bits per heavy atom. The van der Waals surface area contributed by atoms with Gasteiger partial charge in [0.05, 0.1) is 6.04 Å². The van der Waals surface area contributed by atoms with Crippen LogP contribution in [0.15, 0.2) is 17.5 Å². The van der Waals surface area contributed by atoms with Crippen molar-refractivity contribution in [3.8, 4) is 0 Å². The Hall–Kier alpha value is -0.870. The van der Waals surface area contributed by atoms with Gasteiger partial charge in [-0.2, -0.15) is 0 Å². The van der Waals surface area contributed by atoms with E-state index >= 15 is 0 Å². The summed E-state index contributed by atoms with van der Waals surface area (Å²) in [5, 5.41) is 4.88. The summed E-state index contributed by atoms with van der Waals surface area (Å²) in [5.74, 6) is 0.133. The van der Waals surface area contributed by atoms with Gasteiger partial charge in [0.1, 0.15) is 0 Å². The Balaban J connectivity index is 2.23. The zero-order valence-electron chi connectivity index (χ0n) is 9.19. The third-order valence-electron chi connectivity index (χ3n) is 2.27. The van der Waals surface area contributed by atoms with Gasteiger partial charge in [-0.15, -0.1) is 11.3 Å². The Kier molecular flexibility index (Phi) is 4.78. The molecule has 3 nitrogen and oxygen atoms in total. The quantitative estimate of drug-likeness (QED) is 0.797. The Morgan fingerprint density at radius 1 is 1.60 bits per heavy atom. The van der Waals surface area contributed by atoms with E-state index in [2.05, 4.69) is 11.4 Å². The van der Waals surface area contributed by atoms with Crippen molar-refractivity contribution in [2.45, 2.75) is 26.3 Å². The third-order valence-corrected chi connectivity index (χ3v) is 3.21. The van der Waals surface area contributed by atoms with Crippen LogP contribution in [0.3, 0.4) is 0 Å². The van der Waals surface area contributed by atoms with E-state index in [0.717, 1.165) is 6.42 Å². The molecular formula is C11H18N2OS. The SMILES string of the molecule is CC(C)[C@@H](N)C(=O)NCCc1cccs1. The summed E-state index contributed by atoms with van der Waals surface area (Å²) in [4.78, 5) is 12.8. The number of thiophene rings is 1. The van der Waals surface area contributed by atoms with Crippen molar-refractivity contribution in [1.82, 2.24) is 5.32 Å². The molecule has 0 saturated heterocycles. The normalized spacial score (nSPS) is 12.8. The molecular weight excluding hydrogens is 208 g/mol. The minimum absolute atomic E-state index is 0.0541. The Morgan fingerprint density at radius 2 is 2.33 bits per heavy atom. The topological polar surface area (TPSA) is 55.1 Å². The van der Waals surface area contributed by atoms with Crippen molar-refractivity contribution >= 4 is 17.2 Å². The summed E-state index contributed by atoms with van der Waals surface area (Å²) < 4.78 is 0. The van der Waals surface area contributed by atoms with Crippen LogP contribution >= 0.6 is 11.3 Å². The van der Waals surface area contributed by atoms with Crippen molar-refractivity contribution in [3.63, 3.8) is 0 Å². The van der Waals surface area contributed by atoms with Crippen LogP contribution in [0.2, 0.25) is 0 Å². The van der Waals surface area contributed by atoms with Crippen LogP contribution in [0, 0.1) is 5.92 Å². The monoisotopic (exact) mass is 226 g/mol. The second-order valence-electron chi connectivity index (χ2n) is 3.89. The van der Waals surface area contributed by atoms with Gasteiger partial charge >= 0.3 is 0 Å². The molecule has 0 saturated carbocycles. The number of nitrogens with two attached hydrogens (primary N) is 1. The molecule has 0 aliphatic carbocycles. The molecule has 15 heavy (non-hydrogen) atoms. The molecule has 1 aromatic heterocycles. The summed E-state index contributed by atoms with van der Waals surface area (Å²) in [6, 6.07) is 3.69. The second kappa shape index (κ2) is 5.88. The molecule has 1 atom stereocenters. The van der Waals surface area contributed by atoms with Crippen LogP contribution in [0.1, 0.15) is 18.7 Å². The van der Waals surface area contributed by atoms with Crippen molar-refractivity contribution in [2.24, 2.45) is 11.7 Å². The highest BCUT2D eigenvalue weighted by Crippen LogP contribution is 2.08. The first kappa shape index (κ1) is 12.2. The van der Waals surface area contributed by atoms with Gasteiger partial charge in [0, 0.05) is 11.4 Å². The smallest absolute Gasteiger partial charge is 0.237 e. The molecule has 0 fully saturated rings. The van der Waals surface area contributed by atoms with Gasteiger partial charge in [0.2, 0.25) is 5.91 Å². The lowest BCUT2D eigenvalue weighted by atomic mass is 10.1. The third kappa shape index (κ3) is 4.01. The van der Waals surface area contributed by atoms with Crippen LogP contribution in [0.5, 0.6) is 0 Å². The first-order valence-corrected chi connectivity index (χ1v) is 6.05. The molecule has 0 unspecified atom stereocenters. The van der Waals surface area contributed by atoms with Gasteiger partial charge in [-0.1, -0.05) is 19.9 Å². The first-order chi connectivity index (χ1) is 7.11. The highest BCUT2D eigenvalue weighted by molar-refractivity contribution is 7.09. The summed E-state index contributed by atoms with van der Waals surface area (Å²) in [7, 11) is 0. The maximum Gasteiger partial charge on any atom is 0.237 e. The van der Waals surface area contributed by atoms with Crippen LogP contribution < -0.4 is 11.1 Å². The van der Waals surface area contributed by atoms with Gasteiger partial charge < -0.3 is 11.1 Å². The van der Waals surface area contributed by atoms with Gasteiger partial charge in [-0.25, -0.2) is 0 Å². The Labute approximate surface area is 94.7 Å². The number of carbonyl (C=O) groups is 1. The fourth-order valence-corrected chi connectivity index (χ4v) is 1.89. The zero-order valence-corrected chi connectivity index (χ0v) is 10.0. The molecule has 0 aliphatic rings. The van der Waals surface area contributed by atoms with E-state index in [4.69, 9.17) is 5.73 Å². The Bertz CT molecular complexity index is 296. The standard InChI is InChI=1S/C11H18N2OS/c1-8(2)10(12)11(14)13-6-5-9-4-3-7-15-9/h3-4,7-8,10H,5-6,12H2,1-2H3,(H,13,14)/t10-/m1/s1. The van der Waals surface area contributed by atoms with Crippen LogP contribution in [-0.4, -0.2) is 18.5 Å². The van der Waals surface area contributed by atoms with Crippen molar-refractivity contribution < 1.29 is 4.79 Å². The molecule has 84 valence electrons. The van der Waals surface area contributed by atoms with E-state index < -0.39 is 6.04 Å².